The minimum Gasteiger partial charge on any atom is -0.0149 e. The Bertz CT molecular complexity index is 8.00. The van der Waals surface area contributed by atoms with E-state index in [9.17, 15) is 0 Å². The van der Waals surface area contributed by atoms with Gasteiger partial charge in [-0.1, -0.05) is 0 Å². The van der Waals surface area contributed by atoms with Gasteiger partial charge in [0.1, 0.15) is 0 Å². The predicted molar refractivity (Wildman–Crippen MR) is 22.0 cm³/mol. The zero-order chi connectivity index (χ0) is 2.00. The molecule has 0 heterocycles. The molecule has 0 amide bonds. The Kier molecular flexibility index (Phi) is 133. The average molecular weight is 126 g/mol. The van der Waals surface area contributed by atoms with Crippen molar-refractivity contribution in [3.63, 3.8) is 0 Å². The van der Waals surface area contributed by atoms with Crippen LogP contribution in [-0.4, -0.2) is 28.3 Å². The first-order valence-corrected chi connectivity index (χ1v) is 0.842. The second-order valence-electron chi connectivity index (χ2n) is 0. The van der Waals surface area contributed by atoms with Crippen LogP contribution >= 0.6 is 0 Å². The van der Waals surface area contributed by atoms with Crippen LogP contribution in [0.25, 0.3) is 0 Å². The molecule has 0 aliphatic heterocycles. The Morgan fingerprint density at radius 3 is 1.25 bits per heavy atom. The molecule has 4 heavy (non-hydrogen) atoms. The molecular formula is H7AlOSiTi. The van der Waals surface area contributed by atoms with E-state index in [-0.39, 0.29) is 28.3 Å². The summed E-state index contributed by atoms with van der Waals surface area (Å²) < 4.78 is 8.25. The van der Waals surface area contributed by atoms with Crippen LogP contribution in [0.2, 0.25) is 0 Å². The molecule has 0 aromatic rings. The third-order valence-corrected chi connectivity index (χ3v) is 0. The van der Waals surface area contributed by atoms with E-state index >= 15 is 0 Å². The van der Waals surface area contributed by atoms with Crippen LogP contribution in [0.4, 0.5) is 0 Å². The second-order valence-corrected chi connectivity index (χ2v) is 0. The summed E-state index contributed by atoms with van der Waals surface area (Å²) in [6.07, 6.45) is 0. The normalized spacial score (nSPS) is 0.750. The van der Waals surface area contributed by atoms with Gasteiger partial charge < -0.3 is 0 Å². The van der Waals surface area contributed by atoms with Gasteiger partial charge >= 0.3 is 23.7 Å². The van der Waals surface area contributed by atoms with Crippen molar-refractivity contribution >= 4 is 28.3 Å². The summed E-state index contributed by atoms with van der Waals surface area (Å²) in [5, 5.41) is 0. The molecule has 0 aromatic heterocycles. The van der Waals surface area contributed by atoms with E-state index in [1.165, 1.54) is 0 Å². The third-order valence-electron chi connectivity index (χ3n) is 0. The molecule has 0 aromatic carbocycles. The van der Waals surface area contributed by atoms with Gasteiger partial charge in [0.25, 0.3) is 0 Å². The van der Waals surface area contributed by atoms with Crippen LogP contribution in [0.5, 0.6) is 0 Å². The van der Waals surface area contributed by atoms with Crippen LogP contribution in [0.3, 0.4) is 0 Å². The van der Waals surface area contributed by atoms with Crippen molar-refractivity contribution in [3.8, 4) is 0 Å². The van der Waals surface area contributed by atoms with E-state index in [0.29, 0.717) is 0 Å². The molecule has 0 rings (SSSR count). The fraction of sp³-hybridized carbons (Fsp3) is 0. The quantitative estimate of drug-likeness (QED) is 0.321. The van der Waals surface area contributed by atoms with E-state index in [1.807, 2.05) is 0 Å². The summed E-state index contributed by atoms with van der Waals surface area (Å²) in [4.78, 5) is 0. The molecule has 4 heteroatoms. The van der Waals surface area contributed by atoms with Crippen LogP contribution in [0.1, 0.15) is 0 Å². The molecule has 0 aliphatic carbocycles. The van der Waals surface area contributed by atoms with Crippen molar-refractivity contribution in [1.29, 1.82) is 0 Å². The van der Waals surface area contributed by atoms with Crippen molar-refractivity contribution in [3.05, 3.63) is 0 Å². The van der Waals surface area contributed by atoms with Crippen molar-refractivity contribution < 1.29 is 23.7 Å². The van der Waals surface area contributed by atoms with Gasteiger partial charge in [0.05, 0.1) is 0 Å². The Morgan fingerprint density at radius 1 is 1.25 bits per heavy atom. The fourth-order valence-corrected chi connectivity index (χ4v) is 0. The first-order valence-electron chi connectivity index (χ1n) is 0.204. The monoisotopic (exact) mass is 126 g/mol. The summed E-state index contributed by atoms with van der Waals surface area (Å²) >= 11 is 0.750. The van der Waals surface area contributed by atoms with Gasteiger partial charge in [-0.05, 0) is 11.0 Å². The van der Waals surface area contributed by atoms with Gasteiger partial charge in [-0.15, -0.1) is 0 Å². The van der Waals surface area contributed by atoms with E-state index < -0.39 is 0 Å². The molecule has 0 saturated carbocycles. The maximum absolute atomic E-state index is 8.25. The van der Waals surface area contributed by atoms with Gasteiger partial charge in [0.2, 0.25) is 0 Å². The zero-order valence-electron chi connectivity index (χ0n) is 0.908. The summed E-state index contributed by atoms with van der Waals surface area (Å²) in [5.74, 6) is 0. The first-order chi connectivity index (χ1) is 1.00. The Hall–Kier alpha value is 1.26. The molecule has 0 fully saturated rings. The molecular weight excluding hydrogens is 119 g/mol. The molecule has 0 aliphatic rings. The predicted octanol–water partition coefficient (Wildman–Crippen LogP) is -2.76. The average Bonchev–Trinajstić information content (AvgIpc) is 1.00. The van der Waals surface area contributed by atoms with Gasteiger partial charge in [-0.3, -0.25) is 0 Å². The van der Waals surface area contributed by atoms with E-state index in [2.05, 4.69) is 0 Å². The molecule has 0 spiro atoms. The zero-order valence-corrected chi connectivity index (χ0v) is 2.47. The Balaban J connectivity index is -0.00000000500. The summed E-state index contributed by atoms with van der Waals surface area (Å²) in [5.41, 5.74) is 0. The maximum Gasteiger partial charge on any atom is -0.0149 e. The van der Waals surface area contributed by atoms with Crippen LogP contribution < -0.4 is 0 Å². The van der Waals surface area contributed by atoms with Gasteiger partial charge in [0, 0.05) is 0 Å². The molecule has 0 bridgehead atoms. The van der Waals surface area contributed by atoms with E-state index in [1.54, 1.807) is 0 Å². The topological polar surface area (TPSA) is 17.1 Å². The number of hydrogen-bond donors (Lipinski definition) is 0. The molecule has 24 valence electrons. The minimum atomic E-state index is 0. The fourth-order valence-electron chi connectivity index (χ4n) is 0. The van der Waals surface area contributed by atoms with Gasteiger partial charge in [0.15, 0.2) is 17.4 Å². The van der Waals surface area contributed by atoms with Gasteiger partial charge in [-0.2, -0.15) is 0 Å². The van der Waals surface area contributed by atoms with Gasteiger partial charge in [-0.25, -0.2) is 0 Å². The first kappa shape index (κ1) is 18.7. The van der Waals surface area contributed by atoms with Crippen molar-refractivity contribution in [2.45, 2.75) is 0 Å². The summed E-state index contributed by atoms with van der Waals surface area (Å²) in [6.45, 7) is 0. The van der Waals surface area contributed by atoms with E-state index in [4.69, 9.17) is 3.32 Å². The second kappa shape index (κ2) is 28.4. The molecule has 0 radical (unpaired) electrons. The standard InChI is InChI=1S/Al.O.H4Si.Ti.3H/h;;1H4;;;;. The smallest absolute Gasteiger partial charge is 0.0149 e. The molecule has 0 unspecified atom stereocenters. The summed E-state index contributed by atoms with van der Waals surface area (Å²) in [7, 11) is 0. The van der Waals surface area contributed by atoms with E-state index in [0.717, 1.165) is 20.4 Å². The largest absolute Gasteiger partial charge is 0.0149 e. The number of hydrogen-bond acceptors (Lipinski definition) is 1. The molecule has 1 nitrogen and oxygen atoms in total. The summed E-state index contributed by atoms with van der Waals surface area (Å²) in [6, 6.07) is 0. The van der Waals surface area contributed by atoms with Crippen LogP contribution in [0.15, 0.2) is 0 Å². The Morgan fingerprint density at radius 2 is 1.25 bits per heavy atom. The number of rotatable bonds is 0. The maximum atomic E-state index is 8.25. The third kappa shape index (κ3) is 10.5. The van der Waals surface area contributed by atoms with Crippen molar-refractivity contribution in [1.82, 2.24) is 0 Å². The van der Waals surface area contributed by atoms with Crippen molar-refractivity contribution in [2.75, 3.05) is 0 Å². The van der Waals surface area contributed by atoms with Crippen LogP contribution in [-0.2, 0) is 23.7 Å². The van der Waals surface area contributed by atoms with Crippen LogP contribution in [0, 0.1) is 0 Å². The molecule has 0 saturated heterocycles. The SMILES string of the molecule is [AlH3].[O]=[Ti].[SiH4]. The molecule has 0 atom stereocenters. The minimum absolute atomic E-state index is 0. The Labute approximate surface area is 52.0 Å². The van der Waals surface area contributed by atoms with Crippen molar-refractivity contribution in [2.24, 2.45) is 0 Å². The molecule has 0 N–H and O–H groups in total.